The van der Waals surface area contributed by atoms with Crippen LogP contribution in [-0.4, -0.2) is 50.8 Å². The molecule has 7 heteroatoms. The summed E-state index contributed by atoms with van der Waals surface area (Å²) in [5.74, 6) is 2.44. The van der Waals surface area contributed by atoms with E-state index in [-0.39, 0.29) is 5.04 Å². The van der Waals surface area contributed by atoms with Crippen molar-refractivity contribution in [3.8, 4) is 12.3 Å². The van der Waals surface area contributed by atoms with Crippen molar-refractivity contribution in [2.75, 3.05) is 0 Å². The van der Waals surface area contributed by atoms with E-state index in [2.05, 4.69) is 143 Å². The van der Waals surface area contributed by atoms with Gasteiger partial charge in [-0.2, -0.15) is 0 Å². The van der Waals surface area contributed by atoms with E-state index in [4.69, 9.17) is 15.3 Å². The number of halogens is 1. The molecule has 1 unspecified atom stereocenters. The van der Waals surface area contributed by atoms with Gasteiger partial charge in [-0.05, 0) is 59.5 Å². The number of terminal acetylenes is 1. The van der Waals surface area contributed by atoms with Gasteiger partial charge in [0.05, 0.1) is 6.10 Å². The van der Waals surface area contributed by atoms with Gasteiger partial charge in [0.25, 0.3) is 16.6 Å². The molecule has 0 amide bonds. The molecule has 0 aliphatic heterocycles. The normalized spacial score (nSPS) is 21.1. The number of benzene rings is 4. The fraction of sp³-hybridized carbons (Fsp3) is 0.300. The fourth-order valence-corrected chi connectivity index (χ4v) is 17.5. The van der Waals surface area contributed by atoms with Gasteiger partial charge >= 0.3 is 0 Å². The van der Waals surface area contributed by atoms with Crippen molar-refractivity contribution in [1.82, 2.24) is 0 Å². The van der Waals surface area contributed by atoms with Crippen molar-refractivity contribution in [2.45, 2.75) is 75.5 Å². The summed E-state index contributed by atoms with van der Waals surface area (Å²) in [6, 6.07) is 41.5. The lowest BCUT2D eigenvalue weighted by Gasteiger charge is -2.50. The van der Waals surface area contributed by atoms with Crippen LogP contribution >= 0.6 is 22.6 Å². The SMILES string of the molecule is C#CC(O)[C@]1(O)C(I)=C[C@H](O[Si](c2ccccc2)(c2ccccc2)C(C)(C)C)[C@H]1O[Si](c1ccccc1)(c1ccccc1)C(C)(C)C. The highest BCUT2D eigenvalue weighted by atomic mass is 127. The van der Waals surface area contributed by atoms with E-state index >= 15 is 0 Å². The molecule has 4 nitrogen and oxygen atoms in total. The molecule has 2 N–H and O–H groups in total. The quantitative estimate of drug-likeness (QED) is 0.126. The van der Waals surface area contributed by atoms with Gasteiger partial charge in [-0.3, -0.25) is 0 Å². The van der Waals surface area contributed by atoms with Crippen LogP contribution in [0.1, 0.15) is 41.5 Å². The first-order valence-corrected chi connectivity index (χ1v) is 20.9. The minimum atomic E-state index is -3.25. The Labute approximate surface area is 296 Å². The van der Waals surface area contributed by atoms with Crippen LogP contribution in [0.4, 0.5) is 0 Å². The Morgan fingerprint density at radius 2 is 0.979 bits per heavy atom. The van der Waals surface area contributed by atoms with Gasteiger partial charge in [-0.25, -0.2) is 0 Å². The molecule has 0 saturated carbocycles. The first-order valence-electron chi connectivity index (χ1n) is 16.1. The molecule has 4 aromatic rings. The molecule has 4 aromatic carbocycles. The van der Waals surface area contributed by atoms with Crippen molar-refractivity contribution in [1.29, 1.82) is 0 Å². The second-order valence-corrected chi connectivity index (χ2v) is 24.0. The second kappa shape index (κ2) is 13.6. The molecule has 0 heterocycles. The van der Waals surface area contributed by atoms with E-state index in [1.165, 1.54) is 0 Å². The van der Waals surface area contributed by atoms with Crippen LogP contribution in [0.2, 0.25) is 10.1 Å². The largest absolute Gasteiger partial charge is 0.398 e. The number of aliphatic hydroxyl groups excluding tert-OH is 1. The van der Waals surface area contributed by atoms with E-state index in [1.54, 1.807) is 0 Å². The van der Waals surface area contributed by atoms with Gasteiger partial charge in [0.1, 0.15) is 12.2 Å². The Hall–Kier alpha value is -2.82. The van der Waals surface area contributed by atoms with E-state index in [9.17, 15) is 10.2 Å². The van der Waals surface area contributed by atoms with Crippen LogP contribution in [0.15, 0.2) is 131 Å². The zero-order valence-electron chi connectivity index (χ0n) is 28.0. The first kappa shape index (κ1) is 35.5. The summed E-state index contributed by atoms with van der Waals surface area (Å²) in [4.78, 5) is 0. The third-order valence-electron chi connectivity index (χ3n) is 9.45. The molecular formula is C40H45IO4Si2. The Morgan fingerprint density at radius 3 is 1.28 bits per heavy atom. The summed E-state index contributed by atoms with van der Waals surface area (Å²) < 4.78 is 15.8. The van der Waals surface area contributed by atoms with Crippen molar-refractivity contribution in [3.05, 3.63) is 131 Å². The number of rotatable bonds is 9. The maximum absolute atomic E-state index is 12.7. The summed E-state index contributed by atoms with van der Waals surface area (Å²) in [5.41, 5.74) is -1.90. The van der Waals surface area contributed by atoms with Crippen molar-refractivity contribution in [2.24, 2.45) is 0 Å². The molecule has 0 fully saturated rings. The van der Waals surface area contributed by atoms with Crippen LogP contribution in [0.3, 0.4) is 0 Å². The topological polar surface area (TPSA) is 58.9 Å². The highest BCUT2D eigenvalue weighted by Gasteiger charge is 2.62. The summed E-state index contributed by atoms with van der Waals surface area (Å²) in [6.07, 6.45) is 4.53. The third kappa shape index (κ3) is 6.14. The second-order valence-electron chi connectivity index (χ2n) is 14.4. The lowest BCUT2D eigenvalue weighted by Crippen LogP contribution is -2.73. The lowest BCUT2D eigenvalue weighted by molar-refractivity contribution is -0.104. The zero-order valence-corrected chi connectivity index (χ0v) is 32.2. The smallest absolute Gasteiger partial charge is 0.262 e. The van der Waals surface area contributed by atoms with E-state index < -0.39 is 45.6 Å². The molecule has 4 atom stereocenters. The maximum Gasteiger partial charge on any atom is 0.262 e. The minimum absolute atomic E-state index is 0.331. The van der Waals surface area contributed by atoms with Crippen LogP contribution in [-0.2, 0) is 8.85 Å². The maximum atomic E-state index is 12.7. The van der Waals surface area contributed by atoms with Crippen LogP contribution in [0.25, 0.3) is 0 Å². The van der Waals surface area contributed by atoms with Crippen molar-refractivity contribution < 1.29 is 19.1 Å². The van der Waals surface area contributed by atoms with Crippen molar-refractivity contribution in [3.63, 3.8) is 0 Å². The van der Waals surface area contributed by atoms with Crippen LogP contribution in [0, 0.1) is 12.3 Å². The molecule has 0 bridgehead atoms. The van der Waals surface area contributed by atoms with Crippen molar-refractivity contribution >= 4 is 60.0 Å². The number of hydrogen-bond donors (Lipinski definition) is 2. The predicted octanol–water partition coefficient (Wildman–Crippen LogP) is 5.93. The van der Waals surface area contributed by atoms with E-state index in [0.29, 0.717) is 3.58 Å². The molecule has 0 radical (unpaired) electrons. The molecular weight excluding hydrogens is 728 g/mol. The predicted molar refractivity (Wildman–Crippen MR) is 207 cm³/mol. The third-order valence-corrected chi connectivity index (χ3v) is 20.7. The Kier molecular flexibility index (Phi) is 10.3. The van der Waals surface area contributed by atoms with Gasteiger partial charge in [0, 0.05) is 3.58 Å². The van der Waals surface area contributed by atoms with Gasteiger partial charge in [-0.15, -0.1) is 6.42 Å². The number of hydrogen-bond acceptors (Lipinski definition) is 4. The minimum Gasteiger partial charge on any atom is -0.398 e. The average molecular weight is 773 g/mol. The van der Waals surface area contributed by atoms with Crippen LogP contribution in [0.5, 0.6) is 0 Å². The monoisotopic (exact) mass is 772 g/mol. The van der Waals surface area contributed by atoms with E-state index in [1.807, 2.05) is 54.6 Å². The Bertz CT molecular complexity index is 1630. The number of aliphatic hydroxyl groups is 2. The zero-order chi connectivity index (χ0) is 34.1. The molecule has 244 valence electrons. The Morgan fingerprint density at radius 1 is 0.660 bits per heavy atom. The molecule has 1 aliphatic carbocycles. The molecule has 47 heavy (non-hydrogen) atoms. The van der Waals surface area contributed by atoms with Gasteiger partial charge in [0.2, 0.25) is 0 Å². The summed E-state index contributed by atoms with van der Waals surface area (Å²) in [6.45, 7) is 13.3. The molecule has 0 spiro atoms. The lowest BCUT2D eigenvalue weighted by atomic mass is 9.93. The molecule has 5 rings (SSSR count). The standard InChI is InChI=1S/C40H45IO4Si2/c1-8-36(42)40(43)35(41)29-34(44-46(38(2,3)4,30-21-13-9-14-22-30)31-23-15-10-16-24-31)37(40)45-47(39(5,6)7,32-25-17-11-18-26-32)33-27-19-12-20-28-33/h1,9-29,34,36-37,42-43H,2-7H3/t34-,36?,37+,40+/m0/s1. The molecule has 1 aliphatic rings. The fourth-order valence-electron chi connectivity index (χ4n) is 7.19. The summed E-state index contributed by atoms with van der Waals surface area (Å²) in [7, 11) is -6.38. The van der Waals surface area contributed by atoms with Crippen LogP contribution < -0.4 is 20.7 Å². The first-order chi connectivity index (χ1) is 22.2. The van der Waals surface area contributed by atoms with Gasteiger partial charge in [0.15, 0.2) is 5.60 Å². The molecule has 0 aromatic heterocycles. The summed E-state index contributed by atoms with van der Waals surface area (Å²) >= 11 is 2.11. The van der Waals surface area contributed by atoms with Gasteiger partial charge in [-0.1, -0.05) is 169 Å². The molecule has 0 saturated heterocycles. The average Bonchev–Trinajstić information content (AvgIpc) is 3.30. The van der Waals surface area contributed by atoms with Gasteiger partial charge < -0.3 is 19.1 Å². The highest BCUT2D eigenvalue weighted by Crippen LogP contribution is 2.48. The highest BCUT2D eigenvalue weighted by molar-refractivity contribution is 14.1. The van der Waals surface area contributed by atoms with E-state index in [0.717, 1.165) is 20.7 Å². The Balaban J connectivity index is 1.79. The summed E-state index contributed by atoms with van der Waals surface area (Å²) in [5, 5.41) is 27.8.